The van der Waals surface area contributed by atoms with Crippen molar-refractivity contribution in [2.75, 3.05) is 0 Å². The fourth-order valence-electron chi connectivity index (χ4n) is 4.45. The largest absolute Gasteiger partial charge is 0.481 e. The average molecular weight is 385 g/mol. The van der Waals surface area contributed by atoms with Gasteiger partial charge in [-0.25, -0.2) is 0 Å². The Morgan fingerprint density at radius 1 is 0.778 bits per heavy atom. The lowest BCUT2D eigenvalue weighted by Crippen LogP contribution is -2.43. The molecule has 2 N–H and O–H groups in total. The molecule has 0 spiro atoms. The van der Waals surface area contributed by atoms with Gasteiger partial charge < -0.3 is 10.2 Å². The second kappa shape index (κ2) is 14.9. The summed E-state index contributed by atoms with van der Waals surface area (Å²) in [5.74, 6) is -0.895. The zero-order valence-corrected chi connectivity index (χ0v) is 18.3. The predicted molar refractivity (Wildman–Crippen MR) is 112 cm³/mol. The van der Waals surface area contributed by atoms with E-state index in [4.69, 9.17) is 5.11 Å². The minimum atomic E-state index is -0.709. The van der Waals surface area contributed by atoms with Gasteiger partial charge in [0.05, 0.1) is 5.41 Å². The Morgan fingerprint density at radius 3 is 1.78 bits per heavy atom. The molecule has 4 nitrogen and oxygen atoms in total. The van der Waals surface area contributed by atoms with Gasteiger partial charge >= 0.3 is 11.9 Å². The summed E-state index contributed by atoms with van der Waals surface area (Å²) >= 11 is 0. The number of carbonyl (C=O) groups is 2. The molecule has 2 atom stereocenters. The third kappa shape index (κ3) is 9.62. The lowest BCUT2D eigenvalue weighted by Gasteiger charge is -2.41. The standard InChI is InChI=1S/C23H44O4/c1-5-7-15-20(16-13-11-9-10-12-14-17-21(24)25)23(19(3)4,22(26)27)18-8-6-2/h19-20H,5-18H2,1-4H3,(H,24,25)(H,26,27). The molecular formula is C23H44O4. The van der Waals surface area contributed by atoms with Gasteiger partial charge in [-0.3, -0.25) is 9.59 Å². The highest BCUT2D eigenvalue weighted by atomic mass is 16.4. The van der Waals surface area contributed by atoms with Crippen LogP contribution in [0.2, 0.25) is 0 Å². The third-order valence-corrected chi connectivity index (χ3v) is 6.20. The molecule has 27 heavy (non-hydrogen) atoms. The maximum atomic E-state index is 12.4. The summed E-state index contributed by atoms with van der Waals surface area (Å²) in [5.41, 5.74) is -0.591. The van der Waals surface area contributed by atoms with Crippen molar-refractivity contribution in [3.8, 4) is 0 Å². The molecule has 0 aliphatic heterocycles. The molecule has 4 heteroatoms. The smallest absolute Gasteiger partial charge is 0.310 e. The SMILES string of the molecule is CCCCC(CCCCCCCCC(=O)O)C(CCCC)(C(=O)O)C(C)C. The average Bonchev–Trinajstić information content (AvgIpc) is 2.60. The first-order valence-electron chi connectivity index (χ1n) is 11.3. The predicted octanol–water partition coefficient (Wildman–Crippen LogP) is 6.92. The van der Waals surface area contributed by atoms with Crippen LogP contribution in [0.1, 0.15) is 118 Å². The zero-order chi connectivity index (χ0) is 20.7. The molecule has 0 fully saturated rings. The van der Waals surface area contributed by atoms with Gasteiger partial charge in [-0.15, -0.1) is 0 Å². The Bertz CT molecular complexity index is 405. The van der Waals surface area contributed by atoms with Gasteiger partial charge in [0.1, 0.15) is 0 Å². The summed E-state index contributed by atoms with van der Waals surface area (Å²) in [4.78, 5) is 22.9. The summed E-state index contributed by atoms with van der Waals surface area (Å²) in [6.07, 6.45) is 13.5. The van der Waals surface area contributed by atoms with E-state index in [1.807, 2.05) is 0 Å². The van der Waals surface area contributed by atoms with Crippen molar-refractivity contribution in [1.82, 2.24) is 0 Å². The summed E-state index contributed by atoms with van der Waals surface area (Å²) in [6.45, 7) is 8.49. The normalized spacial score (nSPS) is 14.9. The molecule has 0 rings (SSSR count). The molecule has 0 aromatic carbocycles. The number of aliphatic carboxylic acids is 2. The number of hydrogen-bond donors (Lipinski definition) is 2. The van der Waals surface area contributed by atoms with E-state index in [9.17, 15) is 14.7 Å². The van der Waals surface area contributed by atoms with E-state index < -0.39 is 17.4 Å². The lowest BCUT2D eigenvalue weighted by atomic mass is 9.62. The van der Waals surface area contributed by atoms with Crippen molar-refractivity contribution in [2.45, 2.75) is 118 Å². The van der Waals surface area contributed by atoms with Gasteiger partial charge in [-0.05, 0) is 37.5 Å². The monoisotopic (exact) mass is 384 g/mol. The van der Waals surface area contributed by atoms with Gasteiger partial charge in [0.25, 0.3) is 0 Å². The Hall–Kier alpha value is -1.06. The van der Waals surface area contributed by atoms with Crippen LogP contribution < -0.4 is 0 Å². The van der Waals surface area contributed by atoms with Gasteiger partial charge in [0.15, 0.2) is 0 Å². The molecule has 0 aromatic rings. The third-order valence-electron chi connectivity index (χ3n) is 6.20. The van der Waals surface area contributed by atoms with Crippen LogP contribution in [-0.4, -0.2) is 22.2 Å². The molecule has 0 radical (unpaired) electrons. The van der Waals surface area contributed by atoms with Crippen LogP contribution in [0.5, 0.6) is 0 Å². The topological polar surface area (TPSA) is 74.6 Å². The number of unbranched alkanes of at least 4 members (excludes halogenated alkanes) is 7. The van der Waals surface area contributed by atoms with Crippen LogP contribution in [0, 0.1) is 17.3 Å². The van der Waals surface area contributed by atoms with E-state index in [1.165, 1.54) is 0 Å². The van der Waals surface area contributed by atoms with E-state index in [0.717, 1.165) is 83.5 Å². The van der Waals surface area contributed by atoms with Crippen LogP contribution in [0.15, 0.2) is 0 Å². The van der Waals surface area contributed by atoms with Crippen LogP contribution in [0.4, 0.5) is 0 Å². The summed E-state index contributed by atoms with van der Waals surface area (Å²) in [5, 5.41) is 18.9. The fraction of sp³-hybridized carbons (Fsp3) is 0.913. The number of rotatable bonds is 18. The minimum Gasteiger partial charge on any atom is -0.481 e. The summed E-state index contributed by atoms with van der Waals surface area (Å²) < 4.78 is 0. The Kier molecular flexibility index (Phi) is 14.3. The zero-order valence-electron chi connectivity index (χ0n) is 18.3. The van der Waals surface area contributed by atoms with Crippen molar-refractivity contribution in [2.24, 2.45) is 17.3 Å². The van der Waals surface area contributed by atoms with E-state index in [2.05, 4.69) is 27.7 Å². The van der Waals surface area contributed by atoms with Crippen LogP contribution in [-0.2, 0) is 9.59 Å². The molecule has 0 bridgehead atoms. The van der Waals surface area contributed by atoms with E-state index in [1.54, 1.807) is 0 Å². The molecule has 2 unspecified atom stereocenters. The summed E-state index contributed by atoms with van der Waals surface area (Å²) in [6, 6.07) is 0. The Balaban J connectivity index is 4.71. The number of hydrogen-bond acceptors (Lipinski definition) is 2. The second-order valence-corrected chi connectivity index (χ2v) is 8.50. The summed E-state index contributed by atoms with van der Waals surface area (Å²) in [7, 11) is 0. The van der Waals surface area contributed by atoms with E-state index >= 15 is 0 Å². The number of carboxylic acids is 2. The van der Waals surface area contributed by atoms with Crippen LogP contribution >= 0.6 is 0 Å². The number of carboxylic acid groups (broad SMARTS) is 2. The van der Waals surface area contributed by atoms with Gasteiger partial charge in [0, 0.05) is 6.42 Å². The first-order chi connectivity index (χ1) is 12.8. The van der Waals surface area contributed by atoms with Crippen molar-refractivity contribution in [1.29, 1.82) is 0 Å². The molecular weight excluding hydrogens is 340 g/mol. The maximum absolute atomic E-state index is 12.4. The molecule has 0 heterocycles. The van der Waals surface area contributed by atoms with Crippen molar-refractivity contribution >= 4 is 11.9 Å². The highest BCUT2D eigenvalue weighted by Crippen LogP contribution is 2.46. The highest BCUT2D eigenvalue weighted by Gasteiger charge is 2.46. The van der Waals surface area contributed by atoms with Crippen molar-refractivity contribution in [3.63, 3.8) is 0 Å². The molecule has 0 saturated heterocycles. The molecule has 0 saturated carbocycles. The Labute approximate surface area is 167 Å². The van der Waals surface area contributed by atoms with Crippen molar-refractivity contribution in [3.05, 3.63) is 0 Å². The highest BCUT2D eigenvalue weighted by molar-refractivity contribution is 5.75. The first-order valence-corrected chi connectivity index (χ1v) is 11.3. The molecule has 0 aliphatic rings. The van der Waals surface area contributed by atoms with E-state index in [-0.39, 0.29) is 18.3 Å². The molecule has 160 valence electrons. The Morgan fingerprint density at radius 2 is 1.30 bits per heavy atom. The second-order valence-electron chi connectivity index (χ2n) is 8.50. The van der Waals surface area contributed by atoms with Crippen LogP contribution in [0.25, 0.3) is 0 Å². The fourth-order valence-corrected chi connectivity index (χ4v) is 4.45. The van der Waals surface area contributed by atoms with Gasteiger partial charge in [0.2, 0.25) is 0 Å². The molecule has 0 aromatic heterocycles. The minimum absolute atomic E-state index is 0.152. The lowest BCUT2D eigenvalue weighted by molar-refractivity contribution is -0.158. The first kappa shape index (κ1) is 25.9. The van der Waals surface area contributed by atoms with Crippen molar-refractivity contribution < 1.29 is 19.8 Å². The van der Waals surface area contributed by atoms with Gasteiger partial charge in [-0.1, -0.05) is 85.5 Å². The van der Waals surface area contributed by atoms with E-state index in [0.29, 0.717) is 0 Å². The maximum Gasteiger partial charge on any atom is 0.310 e. The molecule has 0 amide bonds. The quantitative estimate of drug-likeness (QED) is 0.252. The van der Waals surface area contributed by atoms with Crippen LogP contribution in [0.3, 0.4) is 0 Å². The van der Waals surface area contributed by atoms with Gasteiger partial charge in [-0.2, -0.15) is 0 Å². The molecule has 0 aliphatic carbocycles.